The highest BCUT2D eigenvalue weighted by atomic mass is 16.2. The SMILES string of the molecule is CC(=O)c1ccc(NC(=O)CCN(CCC(C)C)C(C)=O)cc1. The molecule has 0 aliphatic carbocycles. The molecule has 1 aromatic carbocycles. The molecule has 0 saturated heterocycles. The zero-order chi connectivity index (χ0) is 17.4. The van der Waals surface area contributed by atoms with E-state index in [1.54, 1.807) is 29.2 Å². The number of rotatable bonds is 8. The number of carbonyl (C=O) groups excluding carboxylic acids is 3. The van der Waals surface area contributed by atoms with E-state index in [-0.39, 0.29) is 24.0 Å². The number of nitrogens with one attached hydrogen (secondary N) is 1. The number of ketones is 1. The van der Waals surface area contributed by atoms with Gasteiger partial charge in [0.2, 0.25) is 11.8 Å². The summed E-state index contributed by atoms with van der Waals surface area (Å²) in [6, 6.07) is 6.77. The molecule has 0 aliphatic rings. The van der Waals surface area contributed by atoms with Crippen molar-refractivity contribution in [3.05, 3.63) is 29.8 Å². The van der Waals surface area contributed by atoms with E-state index < -0.39 is 0 Å². The average molecular weight is 318 g/mol. The molecule has 23 heavy (non-hydrogen) atoms. The molecule has 5 nitrogen and oxygen atoms in total. The van der Waals surface area contributed by atoms with Crippen molar-refractivity contribution in [1.29, 1.82) is 0 Å². The van der Waals surface area contributed by atoms with E-state index in [0.717, 1.165) is 6.42 Å². The van der Waals surface area contributed by atoms with Crippen molar-refractivity contribution in [2.45, 2.75) is 40.5 Å². The Hall–Kier alpha value is -2.17. The molecule has 1 N–H and O–H groups in total. The van der Waals surface area contributed by atoms with Gasteiger partial charge < -0.3 is 10.2 Å². The number of hydrogen-bond donors (Lipinski definition) is 1. The number of amides is 2. The Balaban J connectivity index is 2.48. The Kier molecular flexibility index (Phi) is 7.45. The molecule has 0 bridgehead atoms. The fourth-order valence-corrected chi connectivity index (χ4v) is 2.09. The summed E-state index contributed by atoms with van der Waals surface area (Å²) in [4.78, 5) is 36.5. The molecule has 1 aromatic rings. The van der Waals surface area contributed by atoms with Crippen molar-refractivity contribution in [3.63, 3.8) is 0 Å². The van der Waals surface area contributed by atoms with Crippen LogP contribution in [0, 0.1) is 5.92 Å². The lowest BCUT2D eigenvalue weighted by molar-refractivity contribution is -0.129. The molecule has 2 amide bonds. The minimum Gasteiger partial charge on any atom is -0.342 e. The number of hydrogen-bond acceptors (Lipinski definition) is 3. The van der Waals surface area contributed by atoms with Gasteiger partial charge in [0.15, 0.2) is 5.78 Å². The molecular formula is C18H26N2O3. The Morgan fingerprint density at radius 3 is 2.13 bits per heavy atom. The largest absolute Gasteiger partial charge is 0.342 e. The van der Waals surface area contributed by atoms with Gasteiger partial charge in [0.05, 0.1) is 0 Å². The van der Waals surface area contributed by atoms with Gasteiger partial charge in [-0.15, -0.1) is 0 Å². The van der Waals surface area contributed by atoms with E-state index in [0.29, 0.717) is 30.3 Å². The van der Waals surface area contributed by atoms with Crippen LogP contribution in [-0.2, 0) is 9.59 Å². The highest BCUT2D eigenvalue weighted by Crippen LogP contribution is 2.11. The molecule has 0 saturated carbocycles. The molecule has 0 radical (unpaired) electrons. The van der Waals surface area contributed by atoms with Gasteiger partial charge in [-0.1, -0.05) is 13.8 Å². The van der Waals surface area contributed by atoms with E-state index in [1.165, 1.54) is 13.8 Å². The van der Waals surface area contributed by atoms with E-state index in [4.69, 9.17) is 0 Å². The van der Waals surface area contributed by atoms with E-state index in [2.05, 4.69) is 19.2 Å². The summed E-state index contributed by atoms with van der Waals surface area (Å²) in [5.74, 6) is 0.358. The Labute approximate surface area is 138 Å². The van der Waals surface area contributed by atoms with Gasteiger partial charge >= 0.3 is 0 Å². The summed E-state index contributed by atoms with van der Waals surface area (Å²) < 4.78 is 0. The highest BCUT2D eigenvalue weighted by molar-refractivity contribution is 5.95. The zero-order valence-electron chi connectivity index (χ0n) is 14.4. The van der Waals surface area contributed by atoms with Gasteiger partial charge in [-0.2, -0.15) is 0 Å². The van der Waals surface area contributed by atoms with E-state index in [9.17, 15) is 14.4 Å². The Morgan fingerprint density at radius 2 is 1.65 bits per heavy atom. The quantitative estimate of drug-likeness (QED) is 0.749. The molecule has 0 heterocycles. The van der Waals surface area contributed by atoms with Crippen LogP contribution >= 0.6 is 0 Å². The minimum atomic E-state index is -0.142. The van der Waals surface area contributed by atoms with Crippen molar-refractivity contribution < 1.29 is 14.4 Å². The first kappa shape index (κ1) is 18.9. The van der Waals surface area contributed by atoms with Gasteiger partial charge in [-0.3, -0.25) is 14.4 Å². The number of anilines is 1. The maximum atomic E-state index is 12.0. The highest BCUT2D eigenvalue weighted by Gasteiger charge is 2.12. The summed E-state index contributed by atoms with van der Waals surface area (Å²) in [5, 5.41) is 2.78. The summed E-state index contributed by atoms with van der Waals surface area (Å²) in [7, 11) is 0. The smallest absolute Gasteiger partial charge is 0.226 e. The fraction of sp³-hybridized carbons (Fsp3) is 0.500. The molecular weight excluding hydrogens is 292 g/mol. The first-order valence-electron chi connectivity index (χ1n) is 7.96. The zero-order valence-corrected chi connectivity index (χ0v) is 14.4. The molecule has 5 heteroatoms. The number of Topliss-reactive ketones (excluding diaryl/α,β-unsaturated/α-hetero) is 1. The van der Waals surface area contributed by atoms with Crippen molar-refractivity contribution in [1.82, 2.24) is 4.90 Å². The van der Waals surface area contributed by atoms with Gasteiger partial charge in [0, 0.05) is 37.7 Å². The van der Waals surface area contributed by atoms with E-state index >= 15 is 0 Å². The van der Waals surface area contributed by atoms with Gasteiger partial charge in [-0.25, -0.2) is 0 Å². The topological polar surface area (TPSA) is 66.5 Å². The standard InChI is InChI=1S/C18H26N2O3/c1-13(2)9-11-20(15(4)22)12-10-18(23)19-17-7-5-16(6-8-17)14(3)21/h5-8,13H,9-12H2,1-4H3,(H,19,23). The Bertz CT molecular complexity index is 550. The summed E-state index contributed by atoms with van der Waals surface area (Å²) >= 11 is 0. The van der Waals surface area contributed by atoms with Crippen LogP contribution in [0.4, 0.5) is 5.69 Å². The second kappa shape index (κ2) is 9.08. The molecule has 126 valence electrons. The first-order chi connectivity index (χ1) is 10.8. The number of benzene rings is 1. The van der Waals surface area contributed by atoms with Crippen LogP contribution < -0.4 is 5.32 Å². The van der Waals surface area contributed by atoms with Gasteiger partial charge in [0.1, 0.15) is 0 Å². The molecule has 1 rings (SSSR count). The third-order valence-electron chi connectivity index (χ3n) is 3.61. The lowest BCUT2D eigenvalue weighted by Gasteiger charge is -2.21. The van der Waals surface area contributed by atoms with Gasteiger partial charge in [0.25, 0.3) is 0 Å². The Morgan fingerprint density at radius 1 is 1.04 bits per heavy atom. The van der Waals surface area contributed by atoms with Crippen LogP contribution in [0.2, 0.25) is 0 Å². The lowest BCUT2D eigenvalue weighted by Crippen LogP contribution is -2.33. The van der Waals surface area contributed by atoms with Crippen LogP contribution in [0.15, 0.2) is 24.3 Å². The van der Waals surface area contributed by atoms with Crippen LogP contribution in [-0.4, -0.2) is 35.6 Å². The summed E-state index contributed by atoms with van der Waals surface area (Å²) in [5.41, 5.74) is 1.26. The minimum absolute atomic E-state index is 0.00914. The fourth-order valence-electron chi connectivity index (χ4n) is 2.09. The maximum Gasteiger partial charge on any atom is 0.226 e. The van der Waals surface area contributed by atoms with E-state index in [1.807, 2.05) is 0 Å². The molecule has 0 fully saturated rings. The summed E-state index contributed by atoms with van der Waals surface area (Å²) in [6.45, 7) is 8.33. The predicted octanol–water partition coefficient (Wildman–Crippen LogP) is 3.11. The van der Waals surface area contributed by atoms with Crippen LogP contribution in [0.1, 0.15) is 50.9 Å². The van der Waals surface area contributed by atoms with Crippen molar-refractivity contribution >= 4 is 23.3 Å². The number of carbonyl (C=O) groups is 3. The molecule has 0 unspecified atom stereocenters. The summed E-state index contributed by atoms with van der Waals surface area (Å²) in [6.07, 6.45) is 1.18. The first-order valence-corrected chi connectivity index (χ1v) is 7.96. The molecule has 0 spiro atoms. The second-order valence-electron chi connectivity index (χ2n) is 6.12. The third-order valence-corrected chi connectivity index (χ3v) is 3.61. The lowest BCUT2D eigenvalue weighted by atomic mass is 10.1. The molecule has 0 atom stereocenters. The monoisotopic (exact) mass is 318 g/mol. The van der Waals surface area contributed by atoms with Crippen molar-refractivity contribution in [2.24, 2.45) is 5.92 Å². The van der Waals surface area contributed by atoms with Crippen LogP contribution in [0.25, 0.3) is 0 Å². The normalized spacial score (nSPS) is 10.5. The third kappa shape index (κ3) is 7.08. The number of nitrogens with zero attached hydrogens (tertiary/aromatic N) is 1. The van der Waals surface area contributed by atoms with Crippen LogP contribution in [0.3, 0.4) is 0 Å². The van der Waals surface area contributed by atoms with Crippen molar-refractivity contribution in [2.75, 3.05) is 18.4 Å². The average Bonchev–Trinajstić information content (AvgIpc) is 2.47. The second-order valence-corrected chi connectivity index (χ2v) is 6.12. The molecule has 0 aliphatic heterocycles. The van der Waals surface area contributed by atoms with Crippen molar-refractivity contribution in [3.8, 4) is 0 Å². The van der Waals surface area contributed by atoms with Crippen LogP contribution in [0.5, 0.6) is 0 Å². The van der Waals surface area contributed by atoms with Gasteiger partial charge in [-0.05, 0) is 43.5 Å². The maximum absolute atomic E-state index is 12.0. The molecule has 0 aromatic heterocycles. The predicted molar refractivity (Wildman–Crippen MR) is 91.4 cm³/mol.